The number of hydrogen-bond donors (Lipinski definition) is 0. The van der Waals surface area contributed by atoms with E-state index in [4.69, 9.17) is 0 Å². The summed E-state index contributed by atoms with van der Waals surface area (Å²) in [6.45, 7) is 0. The number of rotatable bonds is 6. The molecule has 0 amide bonds. The minimum atomic E-state index is 1.14. The monoisotopic (exact) mass is 801 g/mol. The van der Waals surface area contributed by atoms with E-state index >= 15 is 0 Å². The summed E-state index contributed by atoms with van der Waals surface area (Å²) in [4.78, 5) is 0. The van der Waals surface area contributed by atoms with Crippen LogP contribution in [0, 0.1) is 0 Å². The molecule has 3 nitrogen and oxygen atoms in total. The second-order valence-corrected chi connectivity index (χ2v) is 16.5. The molecule has 10 aromatic carbocycles. The van der Waals surface area contributed by atoms with E-state index in [2.05, 4.69) is 250 Å². The smallest absolute Gasteiger partial charge is 0.0548 e. The third-order valence-corrected chi connectivity index (χ3v) is 13.0. The molecule has 3 heterocycles. The zero-order chi connectivity index (χ0) is 41.4. The van der Waals surface area contributed by atoms with E-state index in [1.165, 1.54) is 98.8 Å². The molecule has 0 aliphatic heterocycles. The van der Waals surface area contributed by atoms with Gasteiger partial charge in [-0.3, -0.25) is 0 Å². The van der Waals surface area contributed by atoms with Gasteiger partial charge in [0.2, 0.25) is 0 Å². The van der Waals surface area contributed by atoms with Crippen molar-refractivity contribution in [2.45, 2.75) is 0 Å². The van der Waals surface area contributed by atoms with Gasteiger partial charge < -0.3 is 13.7 Å². The zero-order valence-corrected chi connectivity index (χ0v) is 34.4. The summed E-state index contributed by atoms with van der Waals surface area (Å²) in [7, 11) is 0. The molecule has 0 radical (unpaired) electrons. The molecule has 0 unspecified atom stereocenters. The molecule has 0 saturated heterocycles. The van der Waals surface area contributed by atoms with Gasteiger partial charge in [0.15, 0.2) is 0 Å². The lowest BCUT2D eigenvalue weighted by atomic mass is 9.99. The minimum Gasteiger partial charge on any atom is -0.309 e. The lowest BCUT2D eigenvalue weighted by molar-refractivity contribution is 1.17. The molecule has 0 fully saturated rings. The highest BCUT2D eigenvalue weighted by Gasteiger charge is 2.22. The summed E-state index contributed by atoms with van der Waals surface area (Å²) in [6.07, 6.45) is 0. The predicted molar refractivity (Wildman–Crippen MR) is 266 cm³/mol. The highest BCUT2D eigenvalue weighted by atomic mass is 15.0. The van der Waals surface area contributed by atoms with Crippen LogP contribution in [0.1, 0.15) is 0 Å². The molecule has 294 valence electrons. The van der Waals surface area contributed by atoms with E-state index in [9.17, 15) is 0 Å². The fraction of sp³-hybridized carbons (Fsp3) is 0. The van der Waals surface area contributed by atoms with Crippen molar-refractivity contribution in [3.63, 3.8) is 0 Å². The molecular weight excluding hydrogens is 763 g/mol. The van der Waals surface area contributed by atoms with Crippen molar-refractivity contribution < 1.29 is 0 Å². The van der Waals surface area contributed by atoms with Gasteiger partial charge in [0, 0.05) is 49.4 Å². The summed E-state index contributed by atoms with van der Waals surface area (Å²) >= 11 is 0. The van der Waals surface area contributed by atoms with Crippen LogP contribution in [0.5, 0.6) is 0 Å². The van der Waals surface area contributed by atoms with Crippen molar-refractivity contribution in [3.8, 4) is 50.4 Å². The Morgan fingerprint density at radius 2 is 0.571 bits per heavy atom. The van der Waals surface area contributed by atoms with Gasteiger partial charge in [-0.1, -0.05) is 152 Å². The van der Waals surface area contributed by atoms with Gasteiger partial charge in [-0.2, -0.15) is 0 Å². The van der Waals surface area contributed by atoms with E-state index in [0.717, 1.165) is 17.1 Å². The van der Waals surface area contributed by atoms with Gasteiger partial charge in [0.25, 0.3) is 0 Å². The first-order valence-corrected chi connectivity index (χ1v) is 21.7. The van der Waals surface area contributed by atoms with Crippen molar-refractivity contribution in [1.82, 2.24) is 13.7 Å². The van der Waals surface area contributed by atoms with Crippen LogP contribution in [0.4, 0.5) is 0 Å². The third kappa shape index (κ3) is 5.53. The molecule has 0 atom stereocenters. The number of nitrogens with zero attached hydrogens (tertiary/aromatic N) is 3. The number of benzene rings is 10. The molecule has 0 N–H and O–H groups in total. The standard InChI is InChI=1S/C60H39N3/c1-4-15-40(16-5-1)42-27-31-47(32-28-42)62-56-34-30-45(39-52(56)60-58(62)36-35-57-59(60)50-24-11-13-26-54(50)61(57)46-20-8-3-9-21-46)44-29-33-55-51(38-44)49-23-10-12-25-53(49)63(55)48-22-14-19-43(37-48)41-17-6-2-7-18-41/h1-39H. The summed E-state index contributed by atoms with van der Waals surface area (Å²) in [6, 6.07) is 86.4. The predicted octanol–water partition coefficient (Wildman–Crippen LogP) is 16.0. The second-order valence-electron chi connectivity index (χ2n) is 16.5. The van der Waals surface area contributed by atoms with Gasteiger partial charge in [0.05, 0.1) is 33.1 Å². The van der Waals surface area contributed by atoms with Gasteiger partial charge in [0.1, 0.15) is 0 Å². The SMILES string of the molecule is c1ccc(-c2ccc(-n3c4ccc(-c5ccc6c(c5)c5ccccc5n6-c5cccc(-c6ccccc6)c5)cc4c4c5c6ccccc6n(-c6ccccc6)c5ccc43)cc2)cc1. The van der Waals surface area contributed by atoms with Crippen LogP contribution in [0.2, 0.25) is 0 Å². The molecule has 0 bridgehead atoms. The molecule has 0 saturated carbocycles. The average Bonchev–Trinajstić information content (AvgIpc) is 4.00. The Balaban J connectivity index is 1.04. The fourth-order valence-electron chi connectivity index (χ4n) is 10.2. The first-order chi connectivity index (χ1) is 31.3. The summed E-state index contributed by atoms with van der Waals surface area (Å²) in [5.41, 5.74) is 17.8. The molecule has 0 aliphatic rings. The lowest BCUT2D eigenvalue weighted by Crippen LogP contribution is -1.95. The van der Waals surface area contributed by atoms with Crippen molar-refractivity contribution in [2.75, 3.05) is 0 Å². The third-order valence-electron chi connectivity index (χ3n) is 13.0. The maximum absolute atomic E-state index is 2.46. The molecule has 63 heavy (non-hydrogen) atoms. The van der Waals surface area contributed by atoms with Gasteiger partial charge in [-0.25, -0.2) is 0 Å². The maximum Gasteiger partial charge on any atom is 0.0548 e. The molecule has 0 aliphatic carbocycles. The van der Waals surface area contributed by atoms with Crippen LogP contribution >= 0.6 is 0 Å². The Labute approximate surface area is 364 Å². The van der Waals surface area contributed by atoms with E-state index in [1.54, 1.807) is 0 Å². The van der Waals surface area contributed by atoms with Crippen molar-refractivity contribution in [2.24, 2.45) is 0 Å². The van der Waals surface area contributed by atoms with Gasteiger partial charge >= 0.3 is 0 Å². The Hall–Kier alpha value is -8.40. The Morgan fingerprint density at radius 1 is 0.190 bits per heavy atom. The number of hydrogen-bond acceptors (Lipinski definition) is 0. The first kappa shape index (κ1) is 35.4. The topological polar surface area (TPSA) is 14.8 Å². The minimum absolute atomic E-state index is 1.14. The van der Waals surface area contributed by atoms with Gasteiger partial charge in [-0.15, -0.1) is 0 Å². The summed E-state index contributed by atoms with van der Waals surface area (Å²) in [5.74, 6) is 0. The number of aromatic nitrogens is 3. The first-order valence-electron chi connectivity index (χ1n) is 21.7. The van der Waals surface area contributed by atoms with Crippen LogP contribution in [0.15, 0.2) is 237 Å². The molecule has 13 rings (SSSR count). The lowest BCUT2D eigenvalue weighted by Gasteiger charge is -2.11. The second kappa shape index (κ2) is 14.1. The average molecular weight is 802 g/mol. The Bertz CT molecular complexity index is 3870. The van der Waals surface area contributed by atoms with E-state index in [0.29, 0.717) is 0 Å². The van der Waals surface area contributed by atoms with Crippen LogP contribution < -0.4 is 0 Å². The number of para-hydroxylation sites is 3. The quantitative estimate of drug-likeness (QED) is 0.159. The van der Waals surface area contributed by atoms with Crippen molar-refractivity contribution >= 4 is 65.4 Å². The Kier molecular flexibility index (Phi) is 7.91. The van der Waals surface area contributed by atoms with E-state index in [1.807, 2.05) is 0 Å². The maximum atomic E-state index is 2.46. The van der Waals surface area contributed by atoms with E-state index in [-0.39, 0.29) is 0 Å². The molecule has 3 aromatic heterocycles. The van der Waals surface area contributed by atoms with Crippen molar-refractivity contribution in [1.29, 1.82) is 0 Å². The number of fused-ring (bicyclic) bond motifs is 10. The zero-order valence-electron chi connectivity index (χ0n) is 34.4. The normalized spacial score (nSPS) is 11.8. The van der Waals surface area contributed by atoms with Gasteiger partial charge in [-0.05, 0) is 118 Å². The highest BCUT2D eigenvalue weighted by Crippen LogP contribution is 2.44. The van der Waals surface area contributed by atoms with Crippen LogP contribution in [0.3, 0.4) is 0 Å². The van der Waals surface area contributed by atoms with Crippen LogP contribution in [0.25, 0.3) is 116 Å². The molecule has 3 heteroatoms. The Morgan fingerprint density at radius 3 is 1.24 bits per heavy atom. The summed E-state index contributed by atoms with van der Waals surface area (Å²) < 4.78 is 7.29. The molecule has 0 spiro atoms. The molecule has 13 aromatic rings. The van der Waals surface area contributed by atoms with E-state index < -0.39 is 0 Å². The van der Waals surface area contributed by atoms with Crippen molar-refractivity contribution in [3.05, 3.63) is 237 Å². The molecular formula is C60H39N3. The largest absolute Gasteiger partial charge is 0.309 e. The van der Waals surface area contributed by atoms with Crippen LogP contribution in [-0.2, 0) is 0 Å². The highest BCUT2D eigenvalue weighted by molar-refractivity contribution is 6.29. The fourth-order valence-corrected chi connectivity index (χ4v) is 10.2. The van der Waals surface area contributed by atoms with Crippen LogP contribution in [-0.4, -0.2) is 13.7 Å². The summed E-state index contributed by atoms with van der Waals surface area (Å²) in [5, 5.41) is 7.49.